The van der Waals surface area contributed by atoms with Crippen LogP contribution in [-0.2, 0) is 19.1 Å². The van der Waals surface area contributed by atoms with E-state index in [0.717, 1.165) is 37.2 Å². The summed E-state index contributed by atoms with van der Waals surface area (Å²) in [5.41, 5.74) is 2.88. The van der Waals surface area contributed by atoms with Crippen LogP contribution >= 0.6 is 0 Å². The van der Waals surface area contributed by atoms with E-state index in [1.807, 2.05) is 6.08 Å². The number of unbranched alkanes of at least 4 members (excludes halogenated alkanes) is 5. The predicted molar refractivity (Wildman–Crippen MR) is 140 cm³/mol. The summed E-state index contributed by atoms with van der Waals surface area (Å²) in [5.74, 6) is 0.975. The smallest absolute Gasteiger partial charge is 0.333 e. The van der Waals surface area contributed by atoms with Gasteiger partial charge < -0.3 is 9.47 Å². The second-order valence-corrected chi connectivity index (χ2v) is 9.71. The van der Waals surface area contributed by atoms with E-state index in [1.165, 1.54) is 63.0 Å². The Morgan fingerprint density at radius 3 is 2.18 bits per heavy atom. The lowest BCUT2D eigenvalue weighted by atomic mass is 9.77. The number of ether oxygens (including phenoxy) is 2. The van der Waals surface area contributed by atoms with Crippen LogP contribution in [0.5, 0.6) is 0 Å². The van der Waals surface area contributed by atoms with E-state index in [4.69, 9.17) is 9.47 Å². The van der Waals surface area contributed by atoms with Gasteiger partial charge in [-0.15, -0.1) is 0 Å². The minimum absolute atomic E-state index is 0.305. The molecule has 1 aliphatic rings. The van der Waals surface area contributed by atoms with E-state index in [9.17, 15) is 9.59 Å². The molecule has 0 unspecified atom stereocenters. The van der Waals surface area contributed by atoms with Gasteiger partial charge in [0.2, 0.25) is 0 Å². The van der Waals surface area contributed by atoms with Crippen molar-refractivity contribution in [3.63, 3.8) is 0 Å². The number of benzene rings is 1. The van der Waals surface area contributed by atoms with Crippen LogP contribution in [0.1, 0.15) is 108 Å². The van der Waals surface area contributed by atoms with Gasteiger partial charge in [-0.25, -0.2) is 9.59 Å². The lowest BCUT2D eigenvalue weighted by Gasteiger charge is -2.29. The van der Waals surface area contributed by atoms with Crippen LogP contribution in [0.2, 0.25) is 0 Å². The molecule has 1 aliphatic carbocycles. The van der Waals surface area contributed by atoms with Gasteiger partial charge >= 0.3 is 11.9 Å². The van der Waals surface area contributed by atoms with Gasteiger partial charge in [0.15, 0.2) is 0 Å². The van der Waals surface area contributed by atoms with Crippen LogP contribution < -0.4 is 0 Å². The molecule has 1 aromatic carbocycles. The Morgan fingerprint density at radius 1 is 0.912 bits per heavy atom. The molecule has 4 heteroatoms. The molecule has 0 aromatic heterocycles. The monoisotopic (exact) mass is 468 g/mol. The van der Waals surface area contributed by atoms with Gasteiger partial charge in [0.05, 0.1) is 13.2 Å². The number of carbonyl (C=O) groups is 2. The molecule has 1 saturated carbocycles. The van der Waals surface area contributed by atoms with Gasteiger partial charge in [-0.2, -0.15) is 0 Å². The summed E-state index contributed by atoms with van der Waals surface area (Å²) in [4.78, 5) is 23.2. The average molecular weight is 469 g/mol. The Hall–Kier alpha value is -2.36. The molecular formula is C30H44O4. The Bertz CT molecular complexity index is 769. The van der Waals surface area contributed by atoms with Crippen molar-refractivity contribution in [2.45, 2.75) is 96.8 Å². The third-order valence-corrected chi connectivity index (χ3v) is 6.75. The summed E-state index contributed by atoms with van der Waals surface area (Å²) >= 11 is 0. The van der Waals surface area contributed by atoms with Crippen molar-refractivity contribution in [3.8, 4) is 0 Å². The van der Waals surface area contributed by atoms with Crippen molar-refractivity contribution < 1.29 is 19.1 Å². The third-order valence-electron chi connectivity index (χ3n) is 6.75. The van der Waals surface area contributed by atoms with E-state index in [-0.39, 0.29) is 11.9 Å². The standard InChI is InChI=1S/C30H44O4/c1-4-5-8-11-25-12-17-27(18-13-25)28-19-14-26(15-20-28)16-21-29(31)33-22-9-6-7-10-23-34-30(32)24(2)3/h14-16,19-21,25,27H,2,4-13,17-18,22-23H2,1,3H3/b21-16+/t25-,27-. The molecular weight excluding hydrogens is 424 g/mol. The first-order valence-electron chi connectivity index (χ1n) is 13.3. The van der Waals surface area contributed by atoms with E-state index in [0.29, 0.717) is 24.7 Å². The Morgan fingerprint density at radius 2 is 1.56 bits per heavy atom. The molecule has 0 heterocycles. The van der Waals surface area contributed by atoms with Crippen LogP contribution in [-0.4, -0.2) is 25.2 Å². The fourth-order valence-corrected chi connectivity index (χ4v) is 4.58. The van der Waals surface area contributed by atoms with Crippen LogP contribution in [0.4, 0.5) is 0 Å². The first-order valence-corrected chi connectivity index (χ1v) is 13.3. The molecule has 0 spiro atoms. The lowest BCUT2D eigenvalue weighted by molar-refractivity contribution is -0.139. The second kappa shape index (κ2) is 16.3. The van der Waals surface area contributed by atoms with Gasteiger partial charge in [0.25, 0.3) is 0 Å². The second-order valence-electron chi connectivity index (χ2n) is 9.71. The van der Waals surface area contributed by atoms with Gasteiger partial charge in [0.1, 0.15) is 0 Å². The number of rotatable bonds is 15. The van der Waals surface area contributed by atoms with Gasteiger partial charge in [0, 0.05) is 11.6 Å². The minimum atomic E-state index is -0.337. The zero-order valence-corrected chi connectivity index (χ0v) is 21.4. The van der Waals surface area contributed by atoms with E-state index < -0.39 is 0 Å². The normalized spacial score (nSPS) is 18.1. The summed E-state index contributed by atoms with van der Waals surface area (Å²) in [6.07, 6.45) is 17.6. The maximum Gasteiger partial charge on any atom is 0.333 e. The fourth-order valence-electron chi connectivity index (χ4n) is 4.58. The highest BCUT2D eigenvalue weighted by Crippen LogP contribution is 2.37. The topological polar surface area (TPSA) is 52.6 Å². The Balaban J connectivity index is 1.58. The van der Waals surface area contributed by atoms with Gasteiger partial charge in [-0.05, 0) is 87.3 Å². The fraction of sp³-hybridized carbons (Fsp3) is 0.600. The third kappa shape index (κ3) is 11.2. The SMILES string of the molecule is C=C(C)C(=O)OCCCCCCOC(=O)/C=C/c1ccc([C@H]2CC[C@H](CCCCC)CC2)cc1. The van der Waals surface area contributed by atoms with E-state index >= 15 is 0 Å². The summed E-state index contributed by atoms with van der Waals surface area (Å²) in [5, 5.41) is 0. The molecule has 1 fully saturated rings. The van der Waals surface area contributed by atoms with Crippen LogP contribution in [0.25, 0.3) is 6.08 Å². The zero-order chi connectivity index (χ0) is 24.6. The predicted octanol–water partition coefficient (Wildman–Crippen LogP) is 7.78. The van der Waals surface area contributed by atoms with Crippen LogP contribution in [0, 0.1) is 5.92 Å². The number of esters is 2. The zero-order valence-electron chi connectivity index (χ0n) is 21.4. The average Bonchev–Trinajstić information content (AvgIpc) is 2.85. The Labute approximate surface area is 206 Å². The highest BCUT2D eigenvalue weighted by Gasteiger charge is 2.21. The molecule has 0 bridgehead atoms. The summed E-state index contributed by atoms with van der Waals surface area (Å²) in [7, 11) is 0. The summed E-state index contributed by atoms with van der Waals surface area (Å²) in [6.45, 7) is 8.29. The molecule has 34 heavy (non-hydrogen) atoms. The maximum absolute atomic E-state index is 12.0. The first kappa shape index (κ1) is 27.9. The summed E-state index contributed by atoms with van der Waals surface area (Å²) in [6, 6.07) is 8.65. The molecule has 1 aromatic rings. The number of hydrogen-bond donors (Lipinski definition) is 0. The van der Waals surface area contributed by atoms with Crippen molar-refractivity contribution in [2.75, 3.05) is 13.2 Å². The molecule has 188 valence electrons. The number of carbonyl (C=O) groups excluding carboxylic acids is 2. The lowest BCUT2D eigenvalue weighted by Crippen LogP contribution is -2.13. The number of hydrogen-bond acceptors (Lipinski definition) is 4. The molecule has 0 amide bonds. The highest BCUT2D eigenvalue weighted by molar-refractivity contribution is 5.87. The summed E-state index contributed by atoms with van der Waals surface area (Å²) < 4.78 is 10.3. The van der Waals surface area contributed by atoms with Gasteiger partial charge in [-0.3, -0.25) is 0 Å². The minimum Gasteiger partial charge on any atom is -0.463 e. The molecule has 0 atom stereocenters. The largest absolute Gasteiger partial charge is 0.463 e. The molecule has 0 radical (unpaired) electrons. The van der Waals surface area contributed by atoms with E-state index in [2.05, 4.69) is 37.8 Å². The highest BCUT2D eigenvalue weighted by atomic mass is 16.5. The quantitative estimate of drug-likeness (QED) is 0.150. The van der Waals surface area contributed by atoms with Crippen molar-refractivity contribution in [1.29, 1.82) is 0 Å². The van der Waals surface area contributed by atoms with Crippen molar-refractivity contribution in [2.24, 2.45) is 5.92 Å². The first-order chi connectivity index (χ1) is 16.5. The molecule has 0 aliphatic heterocycles. The molecule has 0 N–H and O–H groups in total. The van der Waals surface area contributed by atoms with Gasteiger partial charge in [-0.1, -0.05) is 63.5 Å². The molecule has 2 rings (SSSR count). The van der Waals surface area contributed by atoms with Crippen molar-refractivity contribution in [1.82, 2.24) is 0 Å². The maximum atomic E-state index is 12.0. The molecule has 0 saturated heterocycles. The van der Waals surface area contributed by atoms with Crippen molar-refractivity contribution in [3.05, 3.63) is 53.6 Å². The van der Waals surface area contributed by atoms with Crippen LogP contribution in [0.15, 0.2) is 42.5 Å². The Kier molecular flexibility index (Phi) is 13.4. The van der Waals surface area contributed by atoms with E-state index in [1.54, 1.807) is 6.92 Å². The molecule has 4 nitrogen and oxygen atoms in total. The van der Waals surface area contributed by atoms with Crippen LogP contribution in [0.3, 0.4) is 0 Å². The van der Waals surface area contributed by atoms with Crippen molar-refractivity contribution >= 4 is 18.0 Å².